The van der Waals surface area contributed by atoms with Gasteiger partial charge in [-0.2, -0.15) is 0 Å². The molecule has 8 nitrogen and oxygen atoms in total. The van der Waals surface area contributed by atoms with Gasteiger partial charge in [-0.25, -0.2) is 9.97 Å². The van der Waals surface area contributed by atoms with E-state index in [0.29, 0.717) is 43.0 Å². The van der Waals surface area contributed by atoms with Gasteiger partial charge in [0.25, 0.3) is 5.19 Å². The fraction of sp³-hybridized carbons (Fsp3) is 0.650. The number of carbonyl (C=O) groups excluding carboxylic acids is 1. The van der Waals surface area contributed by atoms with E-state index in [0.717, 1.165) is 23.2 Å². The second-order valence-corrected chi connectivity index (χ2v) is 8.96. The standard InChI is InChI=1S/C20H27N3O5S/c1-11(21-12(2)24)9-26-15-5-13(6-15)10-27-18-4-3-17-19(23-18)29-20(22-17)28-16-7-14(25)8-16/h3-4,11,13-16,25H,5-10H2,1-2H3,(H,21,24)/t11-,13-,14-,15-,16-/m0/s1. The average molecular weight is 422 g/mol. The molecule has 0 aliphatic heterocycles. The number of carbonyl (C=O) groups is 1. The van der Waals surface area contributed by atoms with Crippen LogP contribution in [0.2, 0.25) is 0 Å². The van der Waals surface area contributed by atoms with Gasteiger partial charge in [0.15, 0.2) is 4.83 Å². The number of fused-ring (bicyclic) bond motifs is 1. The third-order valence-electron chi connectivity index (χ3n) is 5.24. The van der Waals surface area contributed by atoms with Gasteiger partial charge in [0.05, 0.1) is 25.4 Å². The van der Waals surface area contributed by atoms with Crippen molar-refractivity contribution in [3.05, 3.63) is 12.1 Å². The molecule has 2 aromatic heterocycles. The smallest absolute Gasteiger partial charge is 0.276 e. The van der Waals surface area contributed by atoms with Gasteiger partial charge in [-0.05, 0) is 31.7 Å². The van der Waals surface area contributed by atoms with Crippen LogP contribution in [-0.4, -0.2) is 58.5 Å². The maximum absolute atomic E-state index is 11.0. The first kappa shape index (κ1) is 20.3. The SMILES string of the molecule is CC(=O)N[C@@H](C)CO[C@H]1C[C@H](COc2ccc3nc(O[C@H]4C[C@H](O)C4)sc3n2)C1. The molecule has 29 heavy (non-hydrogen) atoms. The summed E-state index contributed by atoms with van der Waals surface area (Å²) < 4.78 is 17.4. The van der Waals surface area contributed by atoms with E-state index in [1.165, 1.54) is 18.3 Å². The van der Waals surface area contributed by atoms with Crippen molar-refractivity contribution in [3.8, 4) is 11.1 Å². The van der Waals surface area contributed by atoms with Gasteiger partial charge in [-0.1, -0.05) is 11.3 Å². The molecule has 2 heterocycles. The fourth-order valence-corrected chi connectivity index (χ4v) is 4.35. The number of nitrogens with one attached hydrogen (secondary N) is 1. The highest BCUT2D eigenvalue weighted by atomic mass is 32.1. The van der Waals surface area contributed by atoms with E-state index >= 15 is 0 Å². The predicted molar refractivity (Wildman–Crippen MR) is 108 cm³/mol. The zero-order valence-corrected chi connectivity index (χ0v) is 17.5. The molecule has 1 atom stereocenters. The molecule has 0 spiro atoms. The predicted octanol–water partition coefficient (Wildman–Crippen LogP) is 2.29. The van der Waals surface area contributed by atoms with E-state index in [-0.39, 0.29) is 30.3 Å². The molecule has 1 amide bonds. The van der Waals surface area contributed by atoms with Gasteiger partial charge in [0.1, 0.15) is 11.6 Å². The summed E-state index contributed by atoms with van der Waals surface area (Å²) in [7, 11) is 0. The summed E-state index contributed by atoms with van der Waals surface area (Å²) in [6.07, 6.45) is 3.29. The third-order valence-corrected chi connectivity index (χ3v) is 6.09. The Morgan fingerprint density at radius 2 is 2.07 bits per heavy atom. The largest absolute Gasteiger partial charge is 0.477 e. The molecule has 2 aliphatic carbocycles. The van der Waals surface area contributed by atoms with Crippen LogP contribution < -0.4 is 14.8 Å². The minimum atomic E-state index is -0.246. The molecule has 0 saturated heterocycles. The minimum Gasteiger partial charge on any atom is -0.477 e. The summed E-state index contributed by atoms with van der Waals surface area (Å²) >= 11 is 1.40. The molecular formula is C20H27N3O5S. The topological polar surface area (TPSA) is 103 Å². The maximum atomic E-state index is 11.0. The Balaban J connectivity index is 1.19. The Labute approximate surface area is 173 Å². The third kappa shape index (κ3) is 5.34. The second-order valence-electron chi connectivity index (χ2n) is 8.02. The molecule has 2 saturated carbocycles. The van der Waals surface area contributed by atoms with E-state index in [1.54, 1.807) is 0 Å². The van der Waals surface area contributed by atoms with Crippen molar-refractivity contribution in [2.24, 2.45) is 5.92 Å². The van der Waals surface area contributed by atoms with Gasteiger partial charge in [-0.3, -0.25) is 4.79 Å². The van der Waals surface area contributed by atoms with Gasteiger partial charge in [-0.15, -0.1) is 0 Å². The first-order valence-corrected chi connectivity index (χ1v) is 10.9. The zero-order valence-electron chi connectivity index (χ0n) is 16.7. The molecule has 4 rings (SSSR count). The molecule has 2 N–H and O–H groups in total. The second kappa shape index (κ2) is 8.81. The van der Waals surface area contributed by atoms with E-state index in [2.05, 4.69) is 15.3 Å². The van der Waals surface area contributed by atoms with Crippen molar-refractivity contribution in [2.45, 2.75) is 63.9 Å². The lowest BCUT2D eigenvalue weighted by Gasteiger charge is -2.35. The average Bonchev–Trinajstić information content (AvgIpc) is 2.99. The van der Waals surface area contributed by atoms with E-state index < -0.39 is 0 Å². The Kier molecular flexibility index (Phi) is 6.17. The normalized spacial score (nSPS) is 27.0. The van der Waals surface area contributed by atoms with Crippen LogP contribution >= 0.6 is 11.3 Å². The minimum absolute atomic E-state index is 0.0290. The van der Waals surface area contributed by atoms with E-state index in [9.17, 15) is 9.90 Å². The number of hydrogen-bond donors (Lipinski definition) is 2. The van der Waals surface area contributed by atoms with Crippen LogP contribution in [0, 0.1) is 5.92 Å². The van der Waals surface area contributed by atoms with Crippen LogP contribution in [0.1, 0.15) is 39.5 Å². The number of aliphatic hydroxyl groups excluding tert-OH is 1. The van der Waals surface area contributed by atoms with Crippen molar-refractivity contribution >= 4 is 27.6 Å². The highest BCUT2D eigenvalue weighted by Gasteiger charge is 2.31. The summed E-state index contributed by atoms with van der Waals surface area (Å²) in [5.41, 5.74) is 0.794. The Hall–Kier alpha value is -1.97. The molecule has 9 heteroatoms. The molecule has 0 radical (unpaired) electrons. The van der Waals surface area contributed by atoms with Crippen LogP contribution in [0.25, 0.3) is 10.3 Å². The van der Waals surface area contributed by atoms with Crippen LogP contribution in [-0.2, 0) is 9.53 Å². The molecular weight excluding hydrogens is 394 g/mol. The summed E-state index contributed by atoms with van der Waals surface area (Å²) in [6.45, 7) is 4.60. The van der Waals surface area contributed by atoms with Crippen molar-refractivity contribution in [1.82, 2.24) is 15.3 Å². The Morgan fingerprint density at radius 3 is 2.79 bits per heavy atom. The quantitative estimate of drug-likeness (QED) is 0.640. The van der Waals surface area contributed by atoms with E-state index in [4.69, 9.17) is 14.2 Å². The Morgan fingerprint density at radius 1 is 1.28 bits per heavy atom. The number of aromatic nitrogens is 2. The lowest BCUT2D eigenvalue weighted by atomic mass is 9.83. The monoisotopic (exact) mass is 421 g/mol. The van der Waals surface area contributed by atoms with Crippen molar-refractivity contribution in [3.63, 3.8) is 0 Å². The van der Waals surface area contributed by atoms with Crippen molar-refractivity contribution in [1.29, 1.82) is 0 Å². The first-order valence-electron chi connectivity index (χ1n) is 10.1. The number of ether oxygens (including phenoxy) is 3. The van der Waals surface area contributed by atoms with Gasteiger partial charge in [0, 0.05) is 31.9 Å². The van der Waals surface area contributed by atoms with Crippen LogP contribution in [0.15, 0.2) is 12.1 Å². The molecule has 0 aromatic carbocycles. The molecule has 2 aromatic rings. The number of aliphatic hydroxyl groups is 1. The molecule has 2 aliphatic rings. The number of thiazole rings is 1. The summed E-state index contributed by atoms with van der Waals surface area (Å²) in [6, 6.07) is 3.76. The van der Waals surface area contributed by atoms with Crippen LogP contribution in [0.5, 0.6) is 11.1 Å². The summed E-state index contributed by atoms with van der Waals surface area (Å²) in [4.78, 5) is 20.8. The number of rotatable bonds is 9. The Bertz CT molecular complexity index is 848. The fourth-order valence-electron chi connectivity index (χ4n) is 3.51. The van der Waals surface area contributed by atoms with Crippen molar-refractivity contribution < 1.29 is 24.1 Å². The zero-order chi connectivity index (χ0) is 20.4. The maximum Gasteiger partial charge on any atom is 0.276 e. The van der Waals surface area contributed by atoms with Crippen molar-refractivity contribution in [2.75, 3.05) is 13.2 Å². The molecule has 0 bridgehead atoms. The number of amides is 1. The lowest BCUT2D eigenvalue weighted by molar-refractivity contribution is -0.120. The molecule has 2 fully saturated rings. The highest BCUT2D eigenvalue weighted by Crippen LogP contribution is 2.33. The highest BCUT2D eigenvalue weighted by molar-refractivity contribution is 7.19. The van der Waals surface area contributed by atoms with Crippen LogP contribution in [0.3, 0.4) is 0 Å². The van der Waals surface area contributed by atoms with Gasteiger partial charge >= 0.3 is 0 Å². The molecule has 0 unspecified atom stereocenters. The van der Waals surface area contributed by atoms with Crippen LogP contribution in [0.4, 0.5) is 0 Å². The number of nitrogens with zero attached hydrogens (tertiary/aromatic N) is 2. The van der Waals surface area contributed by atoms with Gasteiger partial charge in [0.2, 0.25) is 11.8 Å². The number of pyridine rings is 1. The summed E-state index contributed by atoms with van der Waals surface area (Å²) in [5.74, 6) is 1.02. The van der Waals surface area contributed by atoms with E-state index in [1.807, 2.05) is 19.1 Å². The summed E-state index contributed by atoms with van der Waals surface area (Å²) in [5, 5.41) is 12.8. The first-order chi connectivity index (χ1) is 13.9. The lowest BCUT2D eigenvalue weighted by Crippen LogP contribution is -2.40. The molecule has 158 valence electrons. The van der Waals surface area contributed by atoms with Gasteiger partial charge < -0.3 is 24.6 Å². The number of hydrogen-bond acceptors (Lipinski definition) is 8.